The molecule has 0 atom stereocenters. The van der Waals surface area contributed by atoms with Gasteiger partial charge in [0.2, 0.25) is 5.52 Å². The number of oxazole rings is 1. The second-order valence-electron chi connectivity index (χ2n) is 6.29. The van der Waals surface area contributed by atoms with E-state index in [0.29, 0.717) is 37.0 Å². The Balaban J connectivity index is 1.92. The zero-order valence-electron chi connectivity index (χ0n) is 13.7. The lowest BCUT2D eigenvalue weighted by molar-refractivity contribution is -0.531. The normalized spacial score (nSPS) is 14.9. The molecule has 8 heteroatoms. The van der Waals surface area contributed by atoms with Crippen LogP contribution >= 0.6 is 31.9 Å². The summed E-state index contributed by atoms with van der Waals surface area (Å²) in [5, 5.41) is 0. The minimum atomic E-state index is -4.21. The van der Waals surface area contributed by atoms with Crippen molar-refractivity contribution >= 4 is 61.3 Å². The van der Waals surface area contributed by atoms with Gasteiger partial charge in [-0.2, -0.15) is 0 Å². The zero-order valence-corrected chi connectivity index (χ0v) is 16.9. The first-order valence-corrected chi connectivity index (χ1v) is 9.87. The molecular formula is C19H11BBr2F2N2O. The second-order valence-corrected chi connectivity index (χ2v) is 8.00. The lowest BCUT2D eigenvalue weighted by Crippen LogP contribution is -2.70. The van der Waals surface area contributed by atoms with Crippen molar-refractivity contribution in [3.05, 3.63) is 75.7 Å². The number of hydrogen-bond donors (Lipinski definition) is 0. The molecule has 0 fully saturated rings. The third-order valence-electron chi connectivity index (χ3n) is 4.74. The van der Waals surface area contributed by atoms with E-state index in [1.807, 2.05) is 6.07 Å². The number of fused-ring (bicyclic) bond motifs is 5. The third-order valence-corrected chi connectivity index (χ3v) is 6.02. The minimum absolute atomic E-state index is 0.163. The molecule has 1 aliphatic heterocycles. The van der Waals surface area contributed by atoms with Gasteiger partial charge in [0.05, 0.1) is 0 Å². The average Bonchev–Trinajstić information content (AvgIpc) is 3.05. The molecule has 0 bridgehead atoms. The van der Waals surface area contributed by atoms with Crippen LogP contribution in [-0.4, -0.2) is 6.97 Å². The van der Waals surface area contributed by atoms with E-state index in [1.54, 1.807) is 60.7 Å². The van der Waals surface area contributed by atoms with Gasteiger partial charge in [-0.1, -0.05) is 30.3 Å². The average molecular weight is 492 g/mol. The molecule has 0 radical (unpaired) electrons. The van der Waals surface area contributed by atoms with Crippen LogP contribution < -0.4 is 9.29 Å². The fourth-order valence-electron chi connectivity index (χ4n) is 3.64. The van der Waals surface area contributed by atoms with Gasteiger partial charge in [0.15, 0.2) is 5.58 Å². The first-order chi connectivity index (χ1) is 13.0. The molecule has 27 heavy (non-hydrogen) atoms. The molecule has 0 aliphatic carbocycles. The van der Waals surface area contributed by atoms with E-state index in [1.165, 1.54) is 0 Å². The molecule has 0 unspecified atom stereocenters. The number of halogens is 4. The second kappa shape index (κ2) is 5.91. The summed E-state index contributed by atoms with van der Waals surface area (Å²) in [7, 11) is 0. The van der Waals surface area contributed by atoms with Crippen molar-refractivity contribution in [3.63, 3.8) is 0 Å². The van der Waals surface area contributed by atoms with E-state index in [0.717, 1.165) is 9.29 Å². The van der Waals surface area contributed by atoms with E-state index in [-0.39, 0.29) is 5.89 Å². The van der Waals surface area contributed by atoms with Gasteiger partial charge < -0.3 is 17.9 Å². The van der Waals surface area contributed by atoms with Crippen molar-refractivity contribution < 1.29 is 17.5 Å². The Kier molecular flexibility index (Phi) is 3.71. The monoisotopic (exact) mass is 490 g/mol. The van der Waals surface area contributed by atoms with Crippen molar-refractivity contribution in [2.75, 3.05) is 4.81 Å². The van der Waals surface area contributed by atoms with Gasteiger partial charge in [0, 0.05) is 26.4 Å². The molecule has 3 nitrogen and oxygen atoms in total. The summed E-state index contributed by atoms with van der Waals surface area (Å²) < 4.78 is 40.0. The van der Waals surface area contributed by atoms with E-state index in [9.17, 15) is 0 Å². The highest BCUT2D eigenvalue weighted by atomic mass is 79.9. The first-order valence-electron chi connectivity index (χ1n) is 8.28. The molecule has 0 amide bonds. The van der Waals surface area contributed by atoms with Crippen LogP contribution in [0.2, 0.25) is 0 Å². The summed E-state index contributed by atoms with van der Waals surface area (Å²) in [4.78, 5) is 1.10. The van der Waals surface area contributed by atoms with Gasteiger partial charge in [-0.05, 0) is 62.2 Å². The van der Waals surface area contributed by atoms with Gasteiger partial charge in [0.25, 0.3) is 0 Å². The van der Waals surface area contributed by atoms with E-state index < -0.39 is 6.97 Å². The van der Waals surface area contributed by atoms with Crippen LogP contribution in [0.15, 0.2) is 80.1 Å². The van der Waals surface area contributed by atoms with E-state index in [2.05, 4.69) is 31.9 Å². The zero-order chi connectivity index (χ0) is 18.8. The summed E-state index contributed by atoms with van der Waals surface area (Å²) in [6.45, 7) is -4.21. The predicted molar refractivity (Wildman–Crippen MR) is 109 cm³/mol. The van der Waals surface area contributed by atoms with E-state index in [4.69, 9.17) is 4.42 Å². The van der Waals surface area contributed by atoms with Gasteiger partial charge in [-0.15, -0.1) is 0 Å². The predicted octanol–water partition coefficient (Wildman–Crippen LogP) is 6.29. The fourth-order valence-corrected chi connectivity index (χ4v) is 5.02. The number of nitrogens with zero attached hydrogens (tertiary/aromatic N) is 2. The lowest BCUT2D eigenvalue weighted by Gasteiger charge is -2.39. The maximum absolute atomic E-state index is 16.0. The molecule has 3 aromatic carbocycles. The summed E-state index contributed by atoms with van der Waals surface area (Å²) >= 11 is 6.88. The van der Waals surface area contributed by atoms with Crippen molar-refractivity contribution in [2.45, 2.75) is 0 Å². The van der Waals surface area contributed by atoms with Gasteiger partial charge in [-0.25, -0.2) is 0 Å². The number of hydrogen-bond acceptors (Lipinski definition) is 2. The minimum Gasteiger partial charge on any atom is -0.401 e. The van der Waals surface area contributed by atoms with Crippen LogP contribution in [0.4, 0.5) is 20.0 Å². The SMILES string of the molecule is F[B-]1(F)N(c2c(Br)cccc2Br)c2ccccc2-c2oc3ccccc3[n+]21. The van der Waals surface area contributed by atoms with Crippen LogP contribution in [0, 0.1) is 0 Å². The molecule has 5 rings (SSSR count). The number of para-hydroxylation sites is 4. The highest BCUT2D eigenvalue weighted by Crippen LogP contribution is 2.47. The summed E-state index contributed by atoms with van der Waals surface area (Å²) in [6, 6.07) is 19.2. The fraction of sp³-hybridized carbons (Fsp3) is 0. The van der Waals surface area contributed by atoms with Crippen LogP contribution in [-0.2, 0) is 0 Å². The van der Waals surface area contributed by atoms with Gasteiger partial charge in [-0.3, -0.25) is 4.48 Å². The molecule has 0 spiro atoms. The molecular weight excluding hydrogens is 481 g/mol. The Labute approximate surface area is 170 Å². The Bertz CT molecular complexity index is 1190. The maximum atomic E-state index is 16.0. The Morgan fingerprint density at radius 3 is 2.30 bits per heavy atom. The Morgan fingerprint density at radius 1 is 0.852 bits per heavy atom. The Hall–Kier alpha value is -2.19. The van der Waals surface area contributed by atoms with Crippen molar-refractivity contribution in [3.8, 4) is 11.5 Å². The van der Waals surface area contributed by atoms with Crippen LogP contribution in [0.1, 0.15) is 0 Å². The molecule has 0 N–H and O–H groups in total. The van der Waals surface area contributed by atoms with Crippen LogP contribution in [0.3, 0.4) is 0 Å². The number of benzene rings is 3. The highest BCUT2D eigenvalue weighted by molar-refractivity contribution is 9.11. The van der Waals surface area contributed by atoms with Crippen molar-refractivity contribution in [1.29, 1.82) is 0 Å². The van der Waals surface area contributed by atoms with E-state index >= 15 is 8.63 Å². The standard InChI is InChI=1S/C19H11BBr2F2N2O/c21-13-7-5-8-14(22)18(13)25-15-9-2-1-6-12(15)19-26(20(25,23)24)16-10-3-4-11-17(16)27-19/h1-11H. The number of rotatable bonds is 1. The van der Waals surface area contributed by atoms with Crippen molar-refractivity contribution in [2.24, 2.45) is 0 Å². The topological polar surface area (TPSA) is 20.3 Å². The number of aromatic nitrogens is 1. The first kappa shape index (κ1) is 17.0. The summed E-state index contributed by atoms with van der Waals surface area (Å²) in [5.41, 5.74) is 2.17. The third kappa shape index (κ3) is 2.33. The van der Waals surface area contributed by atoms with Crippen LogP contribution in [0.5, 0.6) is 0 Å². The molecule has 1 aliphatic rings. The molecule has 2 heterocycles. The highest BCUT2D eigenvalue weighted by Gasteiger charge is 2.57. The molecule has 134 valence electrons. The largest absolute Gasteiger partial charge is 0.740 e. The molecule has 1 aromatic heterocycles. The van der Waals surface area contributed by atoms with Gasteiger partial charge in [0.1, 0.15) is 5.56 Å². The van der Waals surface area contributed by atoms with Gasteiger partial charge >= 0.3 is 12.9 Å². The molecule has 0 saturated carbocycles. The quantitative estimate of drug-likeness (QED) is 0.292. The summed E-state index contributed by atoms with van der Waals surface area (Å²) in [6.07, 6.45) is 0. The molecule has 0 saturated heterocycles. The van der Waals surface area contributed by atoms with Crippen LogP contribution in [0.25, 0.3) is 22.6 Å². The smallest absolute Gasteiger partial charge is 0.401 e. The maximum Gasteiger partial charge on any atom is 0.740 e. The lowest BCUT2D eigenvalue weighted by atomic mass is 9.85. The Morgan fingerprint density at radius 2 is 1.52 bits per heavy atom. The van der Waals surface area contributed by atoms with Crippen molar-refractivity contribution in [1.82, 2.24) is 0 Å². The number of anilines is 2. The molecule has 4 aromatic rings. The summed E-state index contributed by atoms with van der Waals surface area (Å²) in [5.74, 6) is 0.163.